The summed E-state index contributed by atoms with van der Waals surface area (Å²) in [6.45, 7) is 12.0. The van der Waals surface area contributed by atoms with E-state index in [0.717, 1.165) is 44.5 Å². The summed E-state index contributed by atoms with van der Waals surface area (Å²) in [7, 11) is 0. The molecule has 0 saturated heterocycles. The summed E-state index contributed by atoms with van der Waals surface area (Å²) in [6, 6.07) is 8.19. The second-order valence-corrected chi connectivity index (χ2v) is 8.17. The van der Waals surface area contributed by atoms with Gasteiger partial charge in [-0.25, -0.2) is 9.59 Å². The normalized spacial score (nSPS) is 18.3. The molecular formula is C26H24O4. The number of aryl methyl sites for hydroxylation is 6. The Morgan fingerprint density at radius 2 is 0.833 bits per heavy atom. The molecule has 0 aromatic heterocycles. The number of ether oxygens (including phenoxy) is 2. The minimum absolute atomic E-state index is 0.229. The molecule has 0 bridgehead atoms. The minimum Gasteiger partial charge on any atom is -0.422 e. The Kier molecular flexibility index (Phi) is 4.73. The Hall–Kier alpha value is -3.40. The lowest BCUT2D eigenvalue weighted by Gasteiger charge is -2.11. The molecule has 4 rings (SSSR count). The van der Waals surface area contributed by atoms with Crippen molar-refractivity contribution in [3.63, 3.8) is 0 Å². The molecule has 152 valence electrons. The first kappa shape index (κ1) is 19.9. The van der Waals surface area contributed by atoms with Crippen molar-refractivity contribution in [2.24, 2.45) is 0 Å². The van der Waals surface area contributed by atoms with Gasteiger partial charge >= 0.3 is 11.9 Å². The molecule has 4 heteroatoms. The Morgan fingerprint density at radius 3 is 1.13 bits per heavy atom. The molecule has 0 radical (unpaired) electrons. The lowest BCUT2D eigenvalue weighted by atomic mass is 9.97. The van der Waals surface area contributed by atoms with Crippen molar-refractivity contribution >= 4 is 23.5 Å². The average molecular weight is 400 g/mol. The van der Waals surface area contributed by atoms with E-state index in [1.165, 1.54) is 0 Å². The third kappa shape index (κ3) is 3.28. The Labute approximate surface area is 176 Å². The third-order valence-electron chi connectivity index (χ3n) is 5.53. The molecule has 2 aliphatic heterocycles. The van der Waals surface area contributed by atoms with Gasteiger partial charge < -0.3 is 9.47 Å². The van der Waals surface area contributed by atoms with Crippen LogP contribution in [0.2, 0.25) is 0 Å². The fraction of sp³-hybridized carbons (Fsp3) is 0.231. The molecule has 2 heterocycles. The maximum Gasteiger partial charge on any atom is 0.344 e. The van der Waals surface area contributed by atoms with Gasteiger partial charge in [-0.1, -0.05) is 35.4 Å². The van der Waals surface area contributed by atoms with Crippen molar-refractivity contribution in [3.05, 3.63) is 92.1 Å². The highest BCUT2D eigenvalue weighted by molar-refractivity contribution is 6.13. The number of esters is 2. The van der Waals surface area contributed by atoms with Crippen molar-refractivity contribution in [3.8, 4) is 0 Å². The van der Waals surface area contributed by atoms with Crippen LogP contribution in [0.25, 0.3) is 11.5 Å². The molecule has 0 fully saturated rings. The van der Waals surface area contributed by atoms with E-state index in [2.05, 4.69) is 0 Å². The number of cyclic esters (lactones) is 2. The van der Waals surface area contributed by atoms with Crippen LogP contribution in [0.5, 0.6) is 0 Å². The highest BCUT2D eigenvalue weighted by Crippen LogP contribution is 2.37. The van der Waals surface area contributed by atoms with Gasteiger partial charge in [0.25, 0.3) is 0 Å². The zero-order valence-corrected chi connectivity index (χ0v) is 18.1. The third-order valence-corrected chi connectivity index (χ3v) is 5.53. The van der Waals surface area contributed by atoms with Gasteiger partial charge in [-0.2, -0.15) is 0 Å². The van der Waals surface area contributed by atoms with Crippen LogP contribution in [0.3, 0.4) is 0 Å². The fourth-order valence-corrected chi connectivity index (χ4v) is 4.51. The standard InChI is InChI=1S/C26H24O4/c1-13-7-15(3)23(16(4)8-13)21-11-19(25(27)29-21)20-12-22(30-26(20)28)24-17(5)9-14(2)10-18(24)6/h7-12H,1-6H3/b20-19-. The predicted octanol–water partition coefficient (Wildman–Crippen LogP) is 5.33. The van der Waals surface area contributed by atoms with Gasteiger partial charge in [0.15, 0.2) is 0 Å². The lowest BCUT2D eigenvalue weighted by molar-refractivity contribution is -0.133. The monoisotopic (exact) mass is 400 g/mol. The first-order chi connectivity index (χ1) is 14.2. The lowest BCUT2D eigenvalue weighted by Crippen LogP contribution is -2.06. The van der Waals surface area contributed by atoms with E-state index < -0.39 is 11.9 Å². The molecule has 0 unspecified atom stereocenters. The maximum atomic E-state index is 12.6. The fourth-order valence-electron chi connectivity index (χ4n) is 4.51. The summed E-state index contributed by atoms with van der Waals surface area (Å²) >= 11 is 0. The van der Waals surface area contributed by atoms with E-state index in [4.69, 9.17) is 9.47 Å². The van der Waals surface area contributed by atoms with Crippen LogP contribution in [-0.4, -0.2) is 11.9 Å². The molecular weight excluding hydrogens is 376 g/mol. The number of benzene rings is 2. The van der Waals surface area contributed by atoms with Gasteiger partial charge in [0, 0.05) is 11.1 Å². The van der Waals surface area contributed by atoms with Crippen LogP contribution in [0.15, 0.2) is 47.6 Å². The summed E-state index contributed by atoms with van der Waals surface area (Å²) < 4.78 is 11.1. The number of hydrogen-bond acceptors (Lipinski definition) is 4. The van der Waals surface area contributed by atoms with Gasteiger partial charge in [0.1, 0.15) is 11.5 Å². The first-order valence-corrected chi connectivity index (χ1v) is 9.94. The molecule has 0 N–H and O–H groups in total. The number of rotatable bonds is 2. The van der Waals surface area contributed by atoms with Crippen LogP contribution in [0.4, 0.5) is 0 Å². The van der Waals surface area contributed by atoms with Crippen LogP contribution in [0.1, 0.15) is 44.5 Å². The van der Waals surface area contributed by atoms with Gasteiger partial charge in [-0.05, 0) is 75.9 Å². The first-order valence-electron chi connectivity index (χ1n) is 9.94. The number of carbonyl (C=O) groups excluding carboxylic acids is 2. The van der Waals surface area contributed by atoms with Crippen LogP contribution in [-0.2, 0) is 19.1 Å². The van der Waals surface area contributed by atoms with E-state index >= 15 is 0 Å². The molecule has 4 nitrogen and oxygen atoms in total. The second kappa shape index (κ2) is 7.13. The largest absolute Gasteiger partial charge is 0.422 e. The van der Waals surface area contributed by atoms with Crippen molar-refractivity contribution in [1.29, 1.82) is 0 Å². The van der Waals surface area contributed by atoms with E-state index in [0.29, 0.717) is 11.5 Å². The summed E-state index contributed by atoms with van der Waals surface area (Å²) in [5, 5.41) is 0. The highest BCUT2D eigenvalue weighted by atomic mass is 16.5. The summed E-state index contributed by atoms with van der Waals surface area (Å²) in [5.74, 6) is -0.137. The topological polar surface area (TPSA) is 52.6 Å². The second-order valence-electron chi connectivity index (χ2n) is 8.17. The molecule has 2 aliphatic rings. The number of hydrogen-bond donors (Lipinski definition) is 0. The van der Waals surface area contributed by atoms with Crippen LogP contribution >= 0.6 is 0 Å². The minimum atomic E-state index is -0.536. The maximum absolute atomic E-state index is 12.6. The van der Waals surface area contributed by atoms with Gasteiger partial charge in [-0.15, -0.1) is 0 Å². The molecule has 0 saturated carbocycles. The molecule has 30 heavy (non-hydrogen) atoms. The van der Waals surface area contributed by atoms with Crippen molar-refractivity contribution in [1.82, 2.24) is 0 Å². The smallest absolute Gasteiger partial charge is 0.344 e. The van der Waals surface area contributed by atoms with E-state index in [9.17, 15) is 9.59 Å². The van der Waals surface area contributed by atoms with E-state index in [1.54, 1.807) is 12.2 Å². The van der Waals surface area contributed by atoms with Gasteiger partial charge in [-0.3, -0.25) is 0 Å². The highest BCUT2D eigenvalue weighted by Gasteiger charge is 2.33. The molecule has 0 amide bonds. The molecule has 0 aliphatic carbocycles. The SMILES string of the molecule is Cc1cc(C)c(C2=C/C(=C3\C=C(c4c(C)cc(C)cc4C)OC3=O)C(=O)O2)c(C)c1. The predicted molar refractivity (Wildman–Crippen MR) is 116 cm³/mol. The Balaban J connectivity index is 1.82. The summed E-state index contributed by atoms with van der Waals surface area (Å²) in [4.78, 5) is 25.3. The molecule has 0 atom stereocenters. The van der Waals surface area contributed by atoms with Crippen molar-refractivity contribution in [2.75, 3.05) is 0 Å². The van der Waals surface area contributed by atoms with E-state index in [-0.39, 0.29) is 11.1 Å². The van der Waals surface area contributed by atoms with Crippen molar-refractivity contribution < 1.29 is 19.1 Å². The zero-order valence-electron chi connectivity index (χ0n) is 18.1. The number of carbonyl (C=O) groups is 2. The average Bonchev–Trinajstić information content (AvgIpc) is 3.15. The Bertz CT molecular complexity index is 1080. The van der Waals surface area contributed by atoms with Gasteiger partial charge in [0.05, 0.1) is 11.1 Å². The Morgan fingerprint density at radius 1 is 0.533 bits per heavy atom. The van der Waals surface area contributed by atoms with Crippen LogP contribution in [0, 0.1) is 41.5 Å². The quantitative estimate of drug-likeness (QED) is 0.505. The summed E-state index contributed by atoms with van der Waals surface area (Å²) in [6.07, 6.45) is 3.30. The van der Waals surface area contributed by atoms with Gasteiger partial charge in [0.2, 0.25) is 0 Å². The van der Waals surface area contributed by atoms with E-state index in [1.807, 2.05) is 65.8 Å². The summed E-state index contributed by atoms with van der Waals surface area (Å²) in [5.41, 5.74) is 8.60. The zero-order chi connectivity index (χ0) is 21.7. The van der Waals surface area contributed by atoms with Crippen LogP contribution < -0.4 is 0 Å². The molecule has 2 aromatic carbocycles. The molecule has 2 aromatic rings. The van der Waals surface area contributed by atoms with Crippen molar-refractivity contribution in [2.45, 2.75) is 41.5 Å². The molecule has 0 spiro atoms.